The topological polar surface area (TPSA) is 53.0 Å². The summed E-state index contributed by atoms with van der Waals surface area (Å²) in [6.45, 7) is 2.88. The quantitative estimate of drug-likeness (QED) is 0.428. The summed E-state index contributed by atoms with van der Waals surface area (Å²) in [6, 6.07) is 21.9. The Hall–Kier alpha value is -2.67. The number of rotatable bonds is 11. The number of fused-ring (bicyclic) bond motifs is 1. The number of carbonyl (C=O) groups excluding carboxylic acids is 1. The molecule has 0 spiro atoms. The van der Waals surface area contributed by atoms with E-state index in [9.17, 15) is 9.90 Å². The number of benzene rings is 2. The molecule has 2 atom stereocenters. The maximum atomic E-state index is 13.7. The fourth-order valence-corrected chi connectivity index (χ4v) is 5.89. The van der Waals surface area contributed by atoms with Crippen LogP contribution in [-0.4, -0.2) is 59.7 Å². The van der Waals surface area contributed by atoms with Crippen molar-refractivity contribution in [3.8, 4) is 5.75 Å². The summed E-state index contributed by atoms with van der Waals surface area (Å²) in [7, 11) is 0. The van der Waals surface area contributed by atoms with Gasteiger partial charge in [0.05, 0.1) is 18.7 Å². The second-order valence-corrected chi connectivity index (χ2v) is 10.8. The van der Waals surface area contributed by atoms with Gasteiger partial charge in [-0.15, -0.1) is 11.3 Å². The van der Waals surface area contributed by atoms with E-state index in [0.29, 0.717) is 38.6 Å². The first-order valence-electron chi connectivity index (χ1n) is 12.6. The number of amides is 1. The van der Waals surface area contributed by atoms with Crippen LogP contribution in [0, 0.1) is 5.92 Å². The second-order valence-electron chi connectivity index (χ2n) is 9.76. The first-order chi connectivity index (χ1) is 17.2. The van der Waals surface area contributed by atoms with E-state index in [-0.39, 0.29) is 11.9 Å². The van der Waals surface area contributed by atoms with Gasteiger partial charge in [0.15, 0.2) is 0 Å². The Labute approximate surface area is 212 Å². The van der Waals surface area contributed by atoms with E-state index in [2.05, 4.69) is 16.3 Å². The summed E-state index contributed by atoms with van der Waals surface area (Å²) in [6.07, 6.45) is 3.43. The number of nitrogens with zero attached hydrogens (tertiary/aromatic N) is 2. The smallest absolute Gasteiger partial charge is 0.237 e. The first kappa shape index (κ1) is 24.0. The first-order valence-corrected chi connectivity index (χ1v) is 13.5. The largest absolute Gasteiger partial charge is 0.491 e. The summed E-state index contributed by atoms with van der Waals surface area (Å²) >= 11 is 1.77. The molecule has 184 valence electrons. The van der Waals surface area contributed by atoms with Gasteiger partial charge in [-0.3, -0.25) is 9.69 Å². The molecule has 1 saturated carbocycles. The van der Waals surface area contributed by atoms with Crippen LogP contribution < -0.4 is 4.74 Å². The number of aliphatic hydroxyl groups excluding tert-OH is 1. The molecule has 35 heavy (non-hydrogen) atoms. The van der Waals surface area contributed by atoms with Crippen LogP contribution in [0.5, 0.6) is 5.75 Å². The Balaban J connectivity index is 1.25. The van der Waals surface area contributed by atoms with Crippen molar-refractivity contribution in [1.29, 1.82) is 0 Å². The van der Waals surface area contributed by atoms with E-state index in [1.54, 1.807) is 11.3 Å². The van der Waals surface area contributed by atoms with Gasteiger partial charge in [0.2, 0.25) is 5.91 Å². The third kappa shape index (κ3) is 6.51. The SMILES string of the molecule is O=C(CN(CC1CC1)C[C@H](O)Cc1ccccc1)N1CCc2sccc2[C@H]1COc1ccccc1. The number of ether oxygens (including phenoxy) is 1. The minimum Gasteiger partial charge on any atom is -0.491 e. The highest BCUT2D eigenvalue weighted by atomic mass is 32.1. The predicted molar refractivity (Wildman–Crippen MR) is 140 cm³/mol. The van der Waals surface area contributed by atoms with Crippen LogP contribution in [0.25, 0.3) is 0 Å². The van der Waals surface area contributed by atoms with Crippen LogP contribution in [-0.2, 0) is 17.6 Å². The Morgan fingerprint density at radius 3 is 2.57 bits per heavy atom. The number of aliphatic hydroxyl groups is 1. The van der Waals surface area contributed by atoms with E-state index < -0.39 is 6.10 Å². The zero-order valence-corrected chi connectivity index (χ0v) is 20.9. The van der Waals surface area contributed by atoms with Gasteiger partial charge in [-0.1, -0.05) is 48.5 Å². The lowest BCUT2D eigenvalue weighted by Gasteiger charge is -2.37. The van der Waals surface area contributed by atoms with Crippen molar-refractivity contribution in [3.63, 3.8) is 0 Å². The molecule has 1 aromatic heterocycles. The molecule has 5 nitrogen and oxygen atoms in total. The zero-order valence-electron chi connectivity index (χ0n) is 20.1. The van der Waals surface area contributed by atoms with Gasteiger partial charge in [-0.25, -0.2) is 0 Å². The normalized spacial score (nSPS) is 18.3. The molecule has 0 radical (unpaired) electrons. The summed E-state index contributed by atoms with van der Waals surface area (Å²) in [5.74, 6) is 1.59. The average molecular weight is 491 g/mol. The molecule has 1 aliphatic carbocycles. The molecule has 0 saturated heterocycles. The standard InChI is InChI=1S/C29H34N2O3S/c32-24(17-22-7-3-1-4-8-22)19-30(18-23-11-12-23)20-29(33)31-15-13-28-26(14-16-35-28)27(31)21-34-25-9-5-2-6-10-25/h1-10,14,16,23-24,27,32H,11-13,15,17-21H2/t24-,27-/m1/s1. The predicted octanol–water partition coefficient (Wildman–Crippen LogP) is 4.57. The van der Waals surface area contributed by atoms with Crippen molar-refractivity contribution < 1.29 is 14.6 Å². The van der Waals surface area contributed by atoms with Gasteiger partial charge in [-0.2, -0.15) is 0 Å². The van der Waals surface area contributed by atoms with E-state index in [4.69, 9.17) is 4.74 Å². The van der Waals surface area contributed by atoms with Crippen LogP contribution >= 0.6 is 11.3 Å². The van der Waals surface area contributed by atoms with Crippen molar-refractivity contribution >= 4 is 17.2 Å². The van der Waals surface area contributed by atoms with Crippen LogP contribution in [0.3, 0.4) is 0 Å². The zero-order chi connectivity index (χ0) is 24.0. The summed E-state index contributed by atoms with van der Waals surface area (Å²) in [5.41, 5.74) is 2.33. The van der Waals surface area contributed by atoms with Crippen molar-refractivity contribution in [2.45, 2.75) is 37.8 Å². The number of carbonyl (C=O) groups is 1. The number of para-hydroxylation sites is 1. The second kappa shape index (κ2) is 11.4. The minimum atomic E-state index is -0.494. The maximum absolute atomic E-state index is 13.7. The Kier molecular flexibility index (Phi) is 7.82. The third-order valence-electron chi connectivity index (χ3n) is 6.92. The molecule has 1 amide bonds. The lowest BCUT2D eigenvalue weighted by Crippen LogP contribution is -2.48. The molecule has 3 aromatic rings. The molecule has 2 aromatic carbocycles. The van der Waals surface area contributed by atoms with Gasteiger partial charge in [0.25, 0.3) is 0 Å². The molecule has 0 bridgehead atoms. The van der Waals surface area contributed by atoms with Crippen LogP contribution in [0.4, 0.5) is 0 Å². The molecule has 0 unspecified atom stereocenters. The number of hydrogen-bond acceptors (Lipinski definition) is 5. The molecule has 2 heterocycles. The highest BCUT2D eigenvalue weighted by Crippen LogP contribution is 2.34. The lowest BCUT2D eigenvalue weighted by molar-refractivity contribution is -0.136. The van der Waals surface area contributed by atoms with Crippen LogP contribution in [0.15, 0.2) is 72.1 Å². The number of hydrogen-bond donors (Lipinski definition) is 1. The summed E-state index contributed by atoms with van der Waals surface area (Å²) in [4.78, 5) is 19.2. The fraction of sp³-hybridized carbons (Fsp3) is 0.414. The monoisotopic (exact) mass is 490 g/mol. The van der Waals surface area contributed by atoms with E-state index in [1.165, 1.54) is 23.3 Å². The number of thiophene rings is 1. The Morgan fingerprint density at radius 1 is 1.09 bits per heavy atom. The molecule has 6 heteroatoms. The van der Waals surface area contributed by atoms with Gasteiger partial charge >= 0.3 is 0 Å². The molecular weight excluding hydrogens is 456 g/mol. The highest BCUT2D eigenvalue weighted by Gasteiger charge is 2.34. The fourth-order valence-electron chi connectivity index (χ4n) is 4.97. The van der Waals surface area contributed by atoms with E-state index in [0.717, 1.165) is 24.3 Å². The van der Waals surface area contributed by atoms with Gasteiger partial charge in [0, 0.05) is 24.5 Å². The Morgan fingerprint density at radius 2 is 1.83 bits per heavy atom. The van der Waals surface area contributed by atoms with Gasteiger partial charge < -0.3 is 14.7 Å². The van der Waals surface area contributed by atoms with Crippen molar-refractivity contribution in [1.82, 2.24) is 9.80 Å². The van der Waals surface area contributed by atoms with Gasteiger partial charge in [-0.05, 0) is 66.3 Å². The van der Waals surface area contributed by atoms with Crippen molar-refractivity contribution in [3.05, 3.63) is 88.1 Å². The molecule has 1 fully saturated rings. The van der Waals surface area contributed by atoms with Gasteiger partial charge in [0.1, 0.15) is 12.4 Å². The minimum absolute atomic E-state index is 0.0882. The molecule has 2 aliphatic rings. The van der Waals surface area contributed by atoms with Crippen LogP contribution in [0.1, 0.15) is 34.9 Å². The highest BCUT2D eigenvalue weighted by molar-refractivity contribution is 7.10. The summed E-state index contributed by atoms with van der Waals surface area (Å²) < 4.78 is 6.12. The maximum Gasteiger partial charge on any atom is 0.237 e. The van der Waals surface area contributed by atoms with Crippen LogP contribution in [0.2, 0.25) is 0 Å². The third-order valence-corrected chi connectivity index (χ3v) is 7.92. The molecule has 5 rings (SSSR count). The Bertz CT molecular complexity index is 1080. The van der Waals surface area contributed by atoms with E-state index >= 15 is 0 Å². The molecule has 1 aliphatic heterocycles. The molecule has 1 N–H and O–H groups in total. The lowest BCUT2D eigenvalue weighted by atomic mass is 10.00. The average Bonchev–Trinajstić information content (AvgIpc) is 3.55. The van der Waals surface area contributed by atoms with Crippen molar-refractivity contribution in [2.24, 2.45) is 5.92 Å². The van der Waals surface area contributed by atoms with E-state index in [1.807, 2.05) is 65.6 Å². The molecular formula is C29H34N2O3S. The van der Waals surface area contributed by atoms with Crippen molar-refractivity contribution in [2.75, 3.05) is 32.8 Å². The summed E-state index contributed by atoms with van der Waals surface area (Å²) in [5, 5.41) is 12.9.